The first kappa shape index (κ1) is 17.3. The summed E-state index contributed by atoms with van der Waals surface area (Å²) >= 11 is 0. The van der Waals surface area contributed by atoms with Gasteiger partial charge in [-0.25, -0.2) is 9.97 Å². The molecule has 2 heterocycles. The first-order chi connectivity index (χ1) is 12.6. The Balaban J connectivity index is 1.70. The highest BCUT2D eigenvalue weighted by molar-refractivity contribution is 6.03. The predicted molar refractivity (Wildman–Crippen MR) is 99.3 cm³/mol. The molecule has 7 nitrogen and oxygen atoms in total. The van der Waals surface area contributed by atoms with Gasteiger partial charge in [0.05, 0.1) is 19.3 Å². The molecule has 132 valence electrons. The number of benzene rings is 1. The molecule has 7 heteroatoms. The van der Waals surface area contributed by atoms with Gasteiger partial charge >= 0.3 is 0 Å². The fourth-order valence-electron chi connectivity index (χ4n) is 2.31. The third kappa shape index (κ3) is 4.54. The molecular weight excluding hydrogens is 330 g/mol. The number of rotatable bonds is 6. The molecule has 3 aromatic rings. The second kappa shape index (κ2) is 8.06. The Morgan fingerprint density at radius 2 is 1.92 bits per heavy atom. The van der Waals surface area contributed by atoms with E-state index in [1.807, 2.05) is 25.1 Å². The molecular formula is C19H19N5O2. The molecule has 2 N–H and O–H groups in total. The van der Waals surface area contributed by atoms with Crippen LogP contribution in [0.15, 0.2) is 54.7 Å². The number of anilines is 2. The van der Waals surface area contributed by atoms with Crippen molar-refractivity contribution in [2.75, 3.05) is 17.7 Å². The van der Waals surface area contributed by atoms with Gasteiger partial charge in [-0.3, -0.25) is 9.78 Å². The average molecular weight is 349 g/mol. The molecule has 0 saturated carbocycles. The van der Waals surface area contributed by atoms with Gasteiger partial charge in [0, 0.05) is 17.6 Å². The van der Waals surface area contributed by atoms with Crippen molar-refractivity contribution < 1.29 is 9.53 Å². The minimum atomic E-state index is -0.304. The molecule has 0 atom stereocenters. The Kier molecular flexibility index (Phi) is 5.38. The summed E-state index contributed by atoms with van der Waals surface area (Å²) in [6.07, 6.45) is 1.72. The Morgan fingerprint density at radius 1 is 1.12 bits per heavy atom. The van der Waals surface area contributed by atoms with Crippen LogP contribution in [0.2, 0.25) is 0 Å². The molecule has 0 radical (unpaired) electrons. The Hall–Kier alpha value is -3.48. The summed E-state index contributed by atoms with van der Waals surface area (Å²) in [6.45, 7) is 2.29. The number of methoxy groups -OCH3 is 1. The Bertz CT molecular complexity index is 882. The number of hydrogen-bond donors (Lipinski definition) is 2. The minimum Gasteiger partial charge on any atom is -0.497 e. The van der Waals surface area contributed by atoms with Crippen LogP contribution in [0, 0.1) is 6.92 Å². The van der Waals surface area contributed by atoms with Crippen LogP contribution < -0.4 is 15.4 Å². The summed E-state index contributed by atoms with van der Waals surface area (Å²) < 4.78 is 5.11. The third-order valence-corrected chi connectivity index (χ3v) is 3.59. The van der Waals surface area contributed by atoms with Crippen LogP contribution in [0.3, 0.4) is 0 Å². The van der Waals surface area contributed by atoms with Crippen molar-refractivity contribution in [1.29, 1.82) is 0 Å². The van der Waals surface area contributed by atoms with E-state index in [4.69, 9.17) is 4.74 Å². The highest BCUT2D eigenvalue weighted by Gasteiger charge is 2.11. The van der Waals surface area contributed by atoms with Crippen LogP contribution in [0.25, 0.3) is 0 Å². The lowest BCUT2D eigenvalue weighted by Crippen LogP contribution is -2.16. The van der Waals surface area contributed by atoms with Gasteiger partial charge in [0.15, 0.2) is 0 Å². The van der Waals surface area contributed by atoms with Gasteiger partial charge in [-0.1, -0.05) is 6.07 Å². The molecule has 0 saturated heterocycles. The normalized spacial score (nSPS) is 10.2. The summed E-state index contributed by atoms with van der Waals surface area (Å²) in [5.41, 5.74) is 2.51. The van der Waals surface area contributed by atoms with E-state index in [9.17, 15) is 4.79 Å². The maximum absolute atomic E-state index is 12.5. The van der Waals surface area contributed by atoms with Gasteiger partial charge in [0.2, 0.25) is 5.95 Å². The lowest BCUT2D eigenvalue weighted by atomic mass is 10.2. The van der Waals surface area contributed by atoms with E-state index in [2.05, 4.69) is 25.6 Å². The van der Waals surface area contributed by atoms with E-state index < -0.39 is 0 Å². The SMILES string of the molecule is COc1ccc(NC(=O)c2cc(C)nc(NCc3ccccn3)n2)cc1. The number of amides is 1. The number of nitrogens with zero attached hydrogens (tertiary/aromatic N) is 3. The number of carbonyl (C=O) groups excluding carboxylic acids is 1. The topological polar surface area (TPSA) is 89.0 Å². The summed E-state index contributed by atoms with van der Waals surface area (Å²) in [5.74, 6) is 0.805. The van der Waals surface area contributed by atoms with Gasteiger partial charge in [-0.15, -0.1) is 0 Å². The fraction of sp³-hybridized carbons (Fsp3) is 0.158. The smallest absolute Gasteiger partial charge is 0.274 e. The van der Waals surface area contributed by atoms with Crippen LogP contribution in [0.5, 0.6) is 5.75 Å². The number of pyridine rings is 1. The molecule has 2 aromatic heterocycles. The monoisotopic (exact) mass is 349 g/mol. The molecule has 1 amide bonds. The highest BCUT2D eigenvalue weighted by atomic mass is 16.5. The van der Waals surface area contributed by atoms with Crippen molar-refractivity contribution >= 4 is 17.5 Å². The Morgan fingerprint density at radius 3 is 2.62 bits per heavy atom. The number of ether oxygens (including phenoxy) is 1. The van der Waals surface area contributed by atoms with E-state index in [1.54, 1.807) is 43.6 Å². The zero-order valence-corrected chi connectivity index (χ0v) is 14.6. The first-order valence-corrected chi connectivity index (χ1v) is 8.09. The largest absolute Gasteiger partial charge is 0.497 e. The Labute approximate surface area is 151 Å². The second-order valence-corrected chi connectivity index (χ2v) is 5.58. The van der Waals surface area contributed by atoms with Crippen molar-refractivity contribution in [3.05, 3.63) is 71.8 Å². The molecule has 0 aliphatic rings. The van der Waals surface area contributed by atoms with Crippen molar-refractivity contribution in [1.82, 2.24) is 15.0 Å². The first-order valence-electron chi connectivity index (χ1n) is 8.09. The molecule has 0 spiro atoms. The van der Waals surface area contributed by atoms with Gasteiger partial charge in [-0.2, -0.15) is 0 Å². The van der Waals surface area contributed by atoms with Crippen molar-refractivity contribution in [2.45, 2.75) is 13.5 Å². The van der Waals surface area contributed by atoms with Crippen molar-refractivity contribution in [3.63, 3.8) is 0 Å². The summed E-state index contributed by atoms with van der Waals surface area (Å²) in [7, 11) is 1.59. The maximum Gasteiger partial charge on any atom is 0.274 e. The van der Waals surface area contributed by atoms with E-state index in [1.165, 1.54) is 0 Å². The van der Waals surface area contributed by atoms with Crippen molar-refractivity contribution in [2.24, 2.45) is 0 Å². The quantitative estimate of drug-likeness (QED) is 0.711. The molecule has 0 unspecified atom stereocenters. The molecule has 0 aliphatic carbocycles. The van der Waals surface area contributed by atoms with Crippen LogP contribution in [-0.2, 0) is 6.54 Å². The standard InChI is InChI=1S/C19H19N5O2/c1-13-11-17(18(25)23-14-6-8-16(26-2)9-7-14)24-19(22-13)21-12-15-5-3-4-10-20-15/h3-11H,12H2,1-2H3,(H,23,25)(H,21,22,24). The van der Waals surface area contributed by atoms with Crippen molar-refractivity contribution in [3.8, 4) is 5.75 Å². The fourth-order valence-corrected chi connectivity index (χ4v) is 2.31. The molecule has 0 aliphatic heterocycles. The summed E-state index contributed by atoms with van der Waals surface area (Å²) in [6, 6.07) is 14.4. The second-order valence-electron chi connectivity index (χ2n) is 5.58. The molecule has 26 heavy (non-hydrogen) atoms. The van der Waals surface area contributed by atoms with Crippen LogP contribution in [-0.4, -0.2) is 28.0 Å². The van der Waals surface area contributed by atoms with Gasteiger partial charge in [0.25, 0.3) is 5.91 Å². The van der Waals surface area contributed by atoms with E-state index >= 15 is 0 Å². The maximum atomic E-state index is 12.5. The number of nitrogens with one attached hydrogen (secondary N) is 2. The summed E-state index contributed by atoms with van der Waals surface area (Å²) in [5, 5.41) is 5.91. The van der Waals surface area contributed by atoms with Crippen LogP contribution >= 0.6 is 0 Å². The van der Waals surface area contributed by atoms with E-state index in [0.29, 0.717) is 23.9 Å². The zero-order chi connectivity index (χ0) is 18.4. The zero-order valence-electron chi connectivity index (χ0n) is 14.6. The third-order valence-electron chi connectivity index (χ3n) is 3.59. The summed E-state index contributed by atoms with van der Waals surface area (Å²) in [4.78, 5) is 25.3. The number of aryl methyl sites for hydroxylation is 1. The van der Waals surface area contributed by atoms with E-state index in [-0.39, 0.29) is 11.6 Å². The van der Waals surface area contributed by atoms with Crippen LogP contribution in [0.4, 0.5) is 11.6 Å². The number of aromatic nitrogens is 3. The van der Waals surface area contributed by atoms with Gasteiger partial charge in [-0.05, 0) is 49.4 Å². The lowest BCUT2D eigenvalue weighted by Gasteiger charge is -2.09. The average Bonchev–Trinajstić information content (AvgIpc) is 2.67. The molecule has 0 fully saturated rings. The molecule has 1 aromatic carbocycles. The predicted octanol–water partition coefficient (Wildman–Crippen LogP) is 3.05. The van der Waals surface area contributed by atoms with E-state index in [0.717, 1.165) is 11.4 Å². The molecule has 0 bridgehead atoms. The lowest BCUT2D eigenvalue weighted by molar-refractivity contribution is 0.102. The van der Waals surface area contributed by atoms with Gasteiger partial charge < -0.3 is 15.4 Å². The molecule has 3 rings (SSSR count). The van der Waals surface area contributed by atoms with Crippen LogP contribution in [0.1, 0.15) is 21.9 Å². The van der Waals surface area contributed by atoms with Gasteiger partial charge in [0.1, 0.15) is 11.4 Å². The highest BCUT2D eigenvalue weighted by Crippen LogP contribution is 2.16. The minimum absolute atomic E-state index is 0.289. The number of carbonyl (C=O) groups is 1. The number of hydrogen-bond acceptors (Lipinski definition) is 6.